The summed E-state index contributed by atoms with van der Waals surface area (Å²) in [4.78, 5) is 29.7. The minimum atomic E-state index is -0.155. The second kappa shape index (κ2) is 7.71. The van der Waals surface area contributed by atoms with E-state index in [2.05, 4.69) is 15.4 Å². The third kappa shape index (κ3) is 3.64. The normalized spacial score (nSPS) is 15.4. The topological polar surface area (TPSA) is 86.2 Å². The quantitative estimate of drug-likeness (QED) is 0.711. The largest absolute Gasteiger partial charge is 0.346 e. The Hall–Kier alpha value is -2.74. The molecule has 8 heteroatoms. The number of hydrogen-bond acceptors (Lipinski definition) is 5. The summed E-state index contributed by atoms with van der Waals surface area (Å²) in [6, 6.07) is 5.21. The lowest BCUT2D eigenvalue weighted by molar-refractivity contribution is 0.362. The maximum atomic E-state index is 12.8. The van der Waals surface area contributed by atoms with Crippen LogP contribution < -0.4 is 16.6 Å². The number of pyridine rings is 1. The number of piperidine rings is 1. The van der Waals surface area contributed by atoms with Crippen molar-refractivity contribution in [2.75, 3.05) is 13.1 Å². The molecule has 0 amide bonds. The fraction of sp³-hybridized carbons (Fsp3) is 0.500. The zero-order valence-electron chi connectivity index (χ0n) is 16.4. The molecule has 1 N–H and O–H groups in total. The molecule has 1 aliphatic heterocycles. The van der Waals surface area contributed by atoms with E-state index in [0.29, 0.717) is 23.8 Å². The van der Waals surface area contributed by atoms with Gasteiger partial charge in [-0.2, -0.15) is 5.10 Å². The number of hydrogen-bond donors (Lipinski definition) is 1. The van der Waals surface area contributed by atoms with Crippen LogP contribution in [0.5, 0.6) is 0 Å². The number of nitrogens with zero attached hydrogens (tertiary/aromatic N) is 5. The first kappa shape index (κ1) is 18.6. The lowest BCUT2D eigenvalue weighted by Gasteiger charge is -2.21. The number of nitrogens with one attached hydrogen (secondary N) is 1. The predicted molar refractivity (Wildman–Crippen MR) is 107 cm³/mol. The van der Waals surface area contributed by atoms with E-state index in [1.165, 1.54) is 15.1 Å². The highest BCUT2D eigenvalue weighted by Crippen LogP contribution is 2.16. The maximum Gasteiger partial charge on any atom is 0.346 e. The Morgan fingerprint density at radius 2 is 2.00 bits per heavy atom. The van der Waals surface area contributed by atoms with Crippen molar-refractivity contribution in [3.05, 3.63) is 62.3 Å². The summed E-state index contributed by atoms with van der Waals surface area (Å²) in [7, 11) is 0. The lowest BCUT2D eigenvalue weighted by Crippen LogP contribution is -2.30. The molecule has 148 valence electrons. The summed E-state index contributed by atoms with van der Waals surface area (Å²) in [5.74, 6) is 1.38. The second-order valence-corrected chi connectivity index (χ2v) is 7.52. The number of fused-ring (bicyclic) bond motifs is 1. The van der Waals surface area contributed by atoms with Crippen molar-refractivity contribution in [3.8, 4) is 0 Å². The average Bonchev–Trinajstić information content (AvgIpc) is 2.96. The molecule has 4 rings (SSSR count). The van der Waals surface area contributed by atoms with Crippen LogP contribution in [-0.2, 0) is 19.5 Å². The first-order valence-corrected chi connectivity index (χ1v) is 9.91. The van der Waals surface area contributed by atoms with E-state index >= 15 is 0 Å². The summed E-state index contributed by atoms with van der Waals surface area (Å²) < 4.78 is 4.68. The number of aryl methyl sites for hydroxylation is 1. The Balaban J connectivity index is 1.65. The SMILES string of the molecule is CCn1c(CC2CCNCC2)nn(Cc2cc(=O)n3ccc(C)cc3n2)c1=O. The van der Waals surface area contributed by atoms with Crippen LogP contribution in [0.25, 0.3) is 5.65 Å². The van der Waals surface area contributed by atoms with Crippen molar-refractivity contribution in [1.82, 2.24) is 29.0 Å². The maximum absolute atomic E-state index is 12.8. The minimum absolute atomic E-state index is 0.141. The first-order valence-electron chi connectivity index (χ1n) is 9.91. The van der Waals surface area contributed by atoms with Crippen LogP contribution in [-0.4, -0.2) is 36.8 Å². The van der Waals surface area contributed by atoms with E-state index in [4.69, 9.17) is 0 Å². The molecule has 0 atom stereocenters. The highest BCUT2D eigenvalue weighted by Gasteiger charge is 2.19. The molecule has 0 bridgehead atoms. The van der Waals surface area contributed by atoms with Crippen LogP contribution in [0.1, 0.15) is 36.8 Å². The van der Waals surface area contributed by atoms with Gasteiger partial charge in [0, 0.05) is 25.2 Å². The van der Waals surface area contributed by atoms with Crippen molar-refractivity contribution in [3.63, 3.8) is 0 Å². The fourth-order valence-electron chi connectivity index (χ4n) is 3.89. The number of rotatable bonds is 5. The smallest absolute Gasteiger partial charge is 0.317 e. The van der Waals surface area contributed by atoms with Crippen molar-refractivity contribution < 1.29 is 0 Å². The van der Waals surface area contributed by atoms with Gasteiger partial charge in [-0.15, -0.1) is 0 Å². The van der Waals surface area contributed by atoms with Crippen LogP contribution in [0.4, 0.5) is 0 Å². The van der Waals surface area contributed by atoms with Crippen LogP contribution in [0.3, 0.4) is 0 Å². The molecule has 3 aromatic heterocycles. The van der Waals surface area contributed by atoms with Gasteiger partial charge in [-0.05, 0) is 63.4 Å². The van der Waals surface area contributed by atoms with Crippen LogP contribution >= 0.6 is 0 Å². The summed E-state index contributed by atoms with van der Waals surface area (Å²) in [5.41, 5.74) is 1.86. The molecule has 1 aliphatic rings. The summed E-state index contributed by atoms with van der Waals surface area (Å²) in [5, 5.41) is 7.96. The first-order chi connectivity index (χ1) is 13.5. The minimum Gasteiger partial charge on any atom is -0.317 e. The number of aromatic nitrogens is 5. The zero-order valence-corrected chi connectivity index (χ0v) is 16.4. The van der Waals surface area contributed by atoms with Gasteiger partial charge in [0.25, 0.3) is 5.56 Å². The van der Waals surface area contributed by atoms with Gasteiger partial charge in [0.15, 0.2) is 0 Å². The molecule has 28 heavy (non-hydrogen) atoms. The van der Waals surface area contributed by atoms with E-state index in [-0.39, 0.29) is 17.8 Å². The molecular formula is C20H26N6O2. The lowest BCUT2D eigenvalue weighted by atomic mass is 9.94. The third-order valence-corrected chi connectivity index (χ3v) is 5.43. The van der Waals surface area contributed by atoms with Crippen LogP contribution in [0.15, 0.2) is 34.0 Å². The van der Waals surface area contributed by atoms with Gasteiger partial charge >= 0.3 is 5.69 Å². The molecule has 0 aromatic carbocycles. The molecule has 0 saturated carbocycles. The van der Waals surface area contributed by atoms with Gasteiger partial charge in [0.05, 0.1) is 12.2 Å². The van der Waals surface area contributed by atoms with Gasteiger partial charge in [-0.3, -0.25) is 13.8 Å². The monoisotopic (exact) mass is 382 g/mol. The summed E-state index contributed by atoms with van der Waals surface area (Å²) in [6.45, 7) is 6.75. The molecule has 1 fully saturated rings. The second-order valence-electron chi connectivity index (χ2n) is 7.52. The van der Waals surface area contributed by atoms with Gasteiger partial charge in [0.1, 0.15) is 11.5 Å². The molecule has 1 saturated heterocycles. The van der Waals surface area contributed by atoms with Gasteiger partial charge in [0.2, 0.25) is 0 Å². The molecule has 0 radical (unpaired) electrons. The Kier molecular flexibility index (Phi) is 5.13. The Bertz CT molecular complexity index is 1100. The Morgan fingerprint density at radius 1 is 1.21 bits per heavy atom. The fourth-order valence-corrected chi connectivity index (χ4v) is 3.89. The Labute approximate surface area is 162 Å². The molecule has 0 unspecified atom stereocenters. The van der Waals surface area contributed by atoms with Crippen molar-refractivity contribution in [1.29, 1.82) is 0 Å². The molecule has 0 spiro atoms. The van der Waals surface area contributed by atoms with Crippen LogP contribution in [0, 0.1) is 12.8 Å². The van der Waals surface area contributed by atoms with Gasteiger partial charge in [-0.1, -0.05) is 0 Å². The highest BCUT2D eigenvalue weighted by atomic mass is 16.2. The van der Waals surface area contributed by atoms with E-state index in [1.807, 2.05) is 26.0 Å². The van der Waals surface area contributed by atoms with Crippen LogP contribution in [0.2, 0.25) is 0 Å². The van der Waals surface area contributed by atoms with E-state index in [9.17, 15) is 9.59 Å². The summed E-state index contributed by atoms with van der Waals surface area (Å²) in [6.07, 6.45) is 4.74. The van der Waals surface area contributed by atoms with Crippen molar-refractivity contribution in [2.24, 2.45) is 5.92 Å². The highest BCUT2D eigenvalue weighted by molar-refractivity contribution is 5.41. The molecule has 0 aliphatic carbocycles. The molecule has 4 heterocycles. The Morgan fingerprint density at radius 3 is 2.75 bits per heavy atom. The van der Waals surface area contributed by atoms with Crippen molar-refractivity contribution in [2.45, 2.75) is 46.2 Å². The van der Waals surface area contributed by atoms with Gasteiger partial charge < -0.3 is 5.32 Å². The molecule has 3 aromatic rings. The van der Waals surface area contributed by atoms with E-state index in [0.717, 1.165) is 43.7 Å². The van der Waals surface area contributed by atoms with E-state index in [1.54, 1.807) is 10.8 Å². The van der Waals surface area contributed by atoms with E-state index < -0.39 is 0 Å². The predicted octanol–water partition coefficient (Wildman–Crippen LogP) is 0.971. The molecular weight excluding hydrogens is 356 g/mol. The average molecular weight is 382 g/mol. The molecule has 8 nitrogen and oxygen atoms in total. The van der Waals surface area contributed by atoms with Crippen molar-refractivity contribution >= 4 is 5.65 Å². The van der Waals surface area contributed by atoms with Gasteiger partial charge in [-0.25, -0.2) is 14.5 Å². The summed E-state index contributed by atoms with van der Waals surface area (Å²) >= 11 is 0. The third-order valence-electron chi connectivity index (χ3n) is 5.43. The standard InChI is InChI=1S/C20H26N6O2/c1-3-24-18(11-15-4-7-21-8-5-15)23-26(20(24)28)13-16-12-19(27)25-9-6-14(2)10-17(25)22-16/h6,9-10,12,15,21H,3-5,7-8,11,13H2,1-2H3. The zero-order chi connectivity index (χ0) is 19.7.